The van der Waals surface area contributed by atoms with Crippen molar-refractivity contribution < 1.29 is 13.9 Å². The maximum atomic E-state index is 12.9. The molecule has 1 unspecified atom stereocenters. The highest BCUT2D eigenvalue weighted by Gasteiger charge is 2.14. The Morgan fingerprint density at radius 3 is 3.17 bits per heavy atom. The second-order valence-corrected chi connectivity index (χ2v) is 4.42. The maximum absolute atomic E-state index is 12.9. The van der Waals surface area contributed by atoms with E-state index in [0.29, 0.717) is 18.2 Å². The molecule has 1 amide bonds. The van der Waals surface area contributed by atoms with Crippen molar-refractivity contribution in [1.29, 1.82) is 0 Å². The van der Waals surface area contributed by atoms with Gasteiger partial charge in [0.05, 0.1) is 6.61 Å². The molecular weight excluding hydrogens is 235 g/mol. The van der Waals surface area contributed by atoms with Crippen LogP contribution in [-0.4, -0.2) is 25.8 Å². The summed E-state index contributed by atoms with van der Waals surface area (Å²) in [5.74, 6) is 0.205. The van der Waals surface area contributed by atoms with Gasteiger partial charge >= 0.3 is 6.09 Å². The number of nitrogens with one attached hydrogen (secondary N) is 2. The highest BCUT2D eigenvalue weighted by atomic mass is 19.1. The number of hydrogen-bond acceptors (Lipinski definition) is 3. The van der Waals surface area contributed by atoms with Crippen LogP contribution in [0.3, 0.4) is 0 Å². The number of amides is 1. The van der Waals surface area contributed by atoms with E-state index < -0.39 is 6.09 Å². The molecule has 2 N–H and O–H groups in total. The van der Waals surface area contributed by atoms with E-state index in [1.165, 1.54) is 18.2 Å². The second kappa shape index (κ2) is 6.35. The summed E-state index contributed by atoms with van der Waals surface area (Å²) >= 11 is 0. The van der Waals surface area contributed by atoms with Crippen LogP contribution in [0.1, 0.15) is 12.8 Å². The number of anilines is 1. The van der Waals surface area contributed by atoms with E-state index in [1.807, 2.05) is 0 Å². The topological polar surface area (TPSA) is 50.4 Å². The van der Waals surface area contributed by atoms with Crippen LogP contribution in [0.15, 0.2) is 24.3 Å². The predicted molar refractivity (Wildman–Crippen MR) is 67.0 cm³/mol. The van der Waals surface area contributed by atoms with Gasteiger partial charge < -0.3 is 10.1 Å². The lowest BCUT2D eigenvalue weighted by atomic mass is 10.1. The van der Waals surface area contributed by atoms with Crippen LogP contribution in [0.25, 0.3) is 0 Å². The minimum Gasteiger partial charge on any atom is -0.449 e. The SMILES string of the molecule is O=C(Nc1cccc(F)c1)OCCC1CCNC1. The maximum Gasteiger partial charge on any atom is 0.411 e. The van der Waals surface area contributed by atoms with E-state index in [2.05, 4.69) is 10.6 Å². The third-order valence-electron chi connectivity index (χ3n) is 2.99. The van der Waals surface area contributed by atoms with Gasteiger partial charge in [-0.15, -0.1) is 0 Å². The molecule has 1 aromatic rings. The normalized spacial score (nSPS) is 18.6. The Morgan fingerprint density at radius 2 is 2.44 bits per heavy atom. The predicted octanol–water partition coefficient (Wildman–Crippen LogP) is 2.37. The number of benzene rings is 1. The molecule has 1 saturated heterocycles. The smallest absolute Gasteiger partial charge is 0.411 e. The third-order valence-corrected chi connectivity index (χ3v) is 2.99. The van der Waals surface area contributed by atoms with Crippen LogP contribution in [0.2, 0.25) is 0 Å². The minimum atomic E-state index is -0.536. The molecule has 5 heteroatoms. The van der Waals surface area contributed by atoms with E-state index in [9.17, 15) is 9.18 Å². The Morgan fingerprint density at radius 1 is 1.56 bits per heavy atom. The summed E-state index contributed by atoms with van der Waals surface area (Å²) in [7, 11) is 0. The van der Waals surface area contributed by atoms with Crippen molar-refractivity contribution in [1.82, 2.24) is 5.32 Å². The number of hydrogen-bond donors (Lipinski definition) is 2. The Balaban J connectivity index is 1.68. The molecule has 1 aliphatic rings. The highest BCUT2D eigenvalue weighted by Crippen LogP contribution is 2.13. The summed E-state index contributed by atoms with van der Waals surface area (Å²) in [4.78, 5) is 11.4. The van der Waals surface area contributed by atoms with Gasteiger partial charge in [0.25, 0.3) is 0 Å². The van der Waals surface area contributed by atoms with Gasteiger partial charge in [0.15, 0.2) is 0 Å². The zero-order valence-corrected chi connectivity index (χ0v) is 10.1. The van der Waals surface area contributed by atoms with Crippen molar-refractivity contribution in [3.8, 4) is 0 Å². The molecule has 18 heavy (non-hydrogen) atoms. The molecule has 1 fully saturated rings. The van der Waals surface area contributed by atoms with Gasteiger partial charge in [0.1, 0.15) is 5.82 Å². The third kappa shape index (κ3) is 4.00. The van der Waals surface area contributed by atoms with Gasteiger partial charge in [-0.05, 0) is 50.0 Å². The lowest BCUT2D eigenvalue weighted by Gasteiger charge is -2.09. The van der Waals surface area contributed by atoms with Crippen molar-refractivity contribution in [3.63, 3.8) is 0 Å². The number of ether oxygens (including phenoxy) is 1. The number of carbonyl (C=O) groups excluding carboxylic acids is 1. The number of halogens is 1. The number of carbonyl (C=O) groups is 1. The molecular formula is C13H17FN2O2. The summed E-state index contributed by atoms with van der Waals surface area (Å²) < 4.78 is 17.9. The van der Waals surface area contributed by atoms with Crippen molar-refractivity contribution in [2.45, 2.75) is 12.8 Å². The molecule has 0 aromatic heterocycles. The van der Waals surface area contributed by atoms with Crippen LogP contribution < -0.4 is 10.6 Å². The van der Waals surface area contributed by atoms with Gasteiger partial charge in [-0.2, -0.15) is 0 Å². The molecule has 2 rings (SSSR count). The van der Waals surface area contributed by atoms with Crippen LogP contribution in [-0.2, 0) is 4.74 Å². The standard InChI is InChI=1S/C13H17FN2O2/c14-11-2-1-3-12(8-11)16-13(17)18-7-5-10-4-6-15-9-10/h1-3,8,10,15H,4-7,9H2,(H,16,17). The molecule has 0 saturated carbocycles. The summed E-state index contributed by atoms with van der Waals surface area (Å²) in [6, 6.07) is 5.73. The van der Waals surface area contributed by atoms with E-state index in [0.717, 1.165) is 25.9 Å². The summed E-state index contributed by atoms with van der Waals surface area (Å²) in [6.07, 6.45) is 1.46. The van der Waals surface area contributed by atoms with E-state index >= 15 is 0 Å². The number of rotatable bonds is 4. The summed E-state index contributed by atoms with van der Waals surface area (Å²) in [5.41, 5.74) is 0.405. The largest absolute Gasteiger partial charge is 0.449 e. The van der Waals surface area contributed by atoms with E-state index in [1.54, 1.807) is 6.07 Å². The molecule has 98 valence electrons. The zero-order chi connectivity index (χ0) is 12.8. The van der Waals surface area contributed by atoms with Gasteiger partial charge in [-0.25, -0.2) is 9.18 Å². The van der Waals surface area contributed by atoms with Crippen molar-refractivity contribution in [3.05, 3.63) is 30.1 Å². The fourth-order valence-electron chi connectivity index (χ4n) is 2.00. The van der Waals surface area contributed by atoms with E-state index in [4.69, 9.17) is 4.74 Å². The Labute approximate surface area is 106 Å². The first-order valence-electron chi connectivity index (χ1n) is 6.14. The lowest BCUT2D eigenvalue weighted by Crippen LogP contribution is -2.17. The molecule has 1 heterocycles. The van der Waals surface area contributed by atoms with Gasteiger partial charge in [-0.3, -0.25) is 5.32 Å². The Hall–Kier alpha value is -1.62. The summed E-state index contributed by atoms with van der Waals surface area (Å²) in [6.45, 7) is 2.43. The summed E-state index contributed by atoms with van der Waals surface area (Å²) in [5, 5.41) is 5.75. The van der Waals surface area contributed by atoms with Gasteiger partial charge in [0.2, 0.25) is 0 Å². The first kappa shape index (κ1) is 12.8. The molecule has 0 bridgehead atoms. The molecule has 1 aliphatic heterocycles. The van der Waals surface area contributed by atoms with Gasteiger partial charge in [-0.1, -0.05) is 6.07 Å². The first-order chi connectivity index (χ1) is 8.74. The monoisotopic (exact) mass is 252 g/mol. The lowest BCUT2D eigenvalue weighted by molar-refractivity contribution is 0.154. The Bertz CT molecular complexity index is 406. The zero-order valence-electron chi connectivity index (χ0n) is 10.1. The van der Waals surface area contributed by atoms with Crippen LogP contribution >= 0.6 is 0 Å². The quantitative estimate of drug-likeness (QED) is 0.865. The van der Waals surface area contributed by atoms with Crippen LogP contribution in [0.5, 0.6) is 0 Å². The molecule has 1 atom stereocenters. The van der Waals surface area contributed by atoms with Gasteiger partial charge in [0, 0.05) is 5.69 Å². The fourth-order valence-corrected chi connectivity index (χ4v) is 2.00. The van der Waals surface area contributed by atoms with Crippen LogP contribution in [0.4, 0.5) is 14.9 Å². The molecule has 0 spiro atoms. The highest BCUT2D eigenvalue weighted by molar-refractivity contribution is 5.84. The van der Waals surface area contributed by atoms with Crippen molar-refractivity contribution >= 4 is 11.8 Å². The van der Waals surface area contributed by atoms with Crippen molar-refractivity contribution in [2.75, 3.05) is 25.0 Å². The van der Waals surface area contributed by atoms with E-state index in [-0.39, 0.29) is 5.82 Å². The van der Waals surface area contributed by atoms with Crippen molar-refractivity contribution in [2.24, 2.45) is 5.92 Å². The molecule has 0 radical (unpaired) electrons. The fraction of sp³-hybridized carbons (Fsp3) is 0.462. The average Bonchev–Trinajstić information content (AvgIpc) is 2.82. The first-order valence-corrected chi connectivity index (χ1v) is 6.14. The molecule has 1 aromatic carbocycles. The Kier molecular flexibility index (Phi) is 4.52. The molecule has 0 aliphatic carbocycles. The average molecular weight is 252 g/mol. The van der Waals surface area contributed by atoms with Crippen LogP contribution in [0, 0.1) is 11.7 Å². The minimum absolute atomic E-state index is 0.384. The second-order valence-electron chi connectivity index (χ2n) is 4.42. The molecule has 4 nitrogen and oxygen atoms in total.